The van der Waals surface area contributed by atoms with Crippen LogP contribution in [0.15, 0.2) is 36.4 Å². The van der Waals surface area contributed by atoms with E-state index in [1.54, 1.807) is 25.1 Å². The maximum atomic E-state index is 13.8. The summed E-state index contributed by atoms with van der Waals surface area (Å²) in [4.78, 5) is 18.3. The van der Waals surface area contributed by atoms with Gasteiger partial charge in [-0.2, -0.15) is 0 Å². The Labute approximate surface area is 149 Å². The number of fused-ring (bicyclic) bond motifs is 1. The van der Waals surface area contributed by atoms with Crippen molar-refractivity contribution in [3.63, 3.8) is 0 Å². The number of anilines is 2. The number of nitrogens with zero attached hydrogens (tertiary/aromatic N) is 2. The van der Waals surface area contributed by atoms with E-state index in [4.69, 9.17) is 4.74 Å². The summed E-state index contributed by atoms with van der Waals surface area (Å²) in [5, 5.41) is 3.43. The van der Waals surface area contributed by atoms with Crippen LogP contribution in [0.2, 0.25) is 0 Å². The maximum Gasteiger partial charge on any atom is 0.244 e. The highest BCUT2D eigenvalue weighted by atomic mass is 32.1. The number of methoxy groups -OCH3 is 1. The number of rotatable bonds is 5. The molecule has 0 bridgehead atoms. The van der Waals surface area contributed by atoms with E-state index in [-0.39, 0.29) is 18.3 Å². The Bertz CT molecular complexity index is 926. The zero-order valence-corrected chi connectivity index (χ0v) is 15.0. The molecule has 130 valence electrons. The number of amides is 1. The zero-order valence-electron chi connectivity index (χ0n) is 14.2. The quantitative estimate of drug-likeness (QED) is 0.752. The Morgan fingerprint density at radius 3 is 2.88 bits per heavy atom. The van der Waals surface area contributed by atoms with E-state index >= 15 is 0 Å². The van der Waals surface area contributed by atoms with Crippen molar-refractivity contribution in [2.24, 2.45) is 0 Å². The molecule has 1 heterocycles. The molecule has 0 radical (unpaired) electrons. The molecule has 25 heavy (non-hydrogen) atoms. The highest BCUT2D eigenvalue weighted by molar-refractivity contribution is 7.22. The molecular formula is C18H18FN3O2S. The van der Waals surface area contributed by atoms with Crippen molar-refractivity contribution < 1.29 is 13.9 Å². The fourth-order valence-corrected chi connectivity index (χ4v) is 3.40. The van der Waals surface area contributed by atoms with Gasteiger partial charge in [0.2, 0.25) is 5.91 Å². The molecule has 3 aromatic rings. The highest BCUT2D eigenvalue weighted by Crippen LogP contribution is 2.30. The SMILES string of the molecule is COc1ccc(C)cc1NC(=O)CN(C)c1nc2c(F)cccc2s1. The zero-order chi connectivity index (χ0) is 18.0. The number of nitrogens with one attached hydrogen (secondary N) is 1. The molecule has 0 saturated carbocycles. The molecule has 0 saturated heterocycles. The van der Waals surface area contributed by atoms with Crippen molar-refractivity contribution >= 4 is 38.3 Å². The summed E-state index contributed by atoms with van der Waals surface area (Å²) in [5.74, 6) is 0.0390. The molecule has 1 N–H and O–H groups in total. The number of ether oxygens (including phenoxy) is 1. The van der Waals surface area contributed by atoms with Gasteiger partial charge in [-0.3, -0.25) is 4.79 Å². The molecule has 0 aliphatic rings. The summed E-state index contributed by atoms with van der Waals surface area (Å²) < 4.78 is 19.8. The molecule has 0 aliphatic carbocycles. The Hall–Kier alpha value is -2.67. The lowest BCUT2D eigenvalue weighted by molar-refractivity contribution is -0.114. The molecule has 1 aromatic heterocycles. The van der Waals surface area contributed by atoms with Crippen LogP contribution in [0.1, 0.15) is 5.56 Å². The van der Waals surface area contributed by atoms with Crippen LogP contribution < -0.4 is 15.0 Å². The molecule has 3 rings (SSSR count). The summed E-state index contributed by atoms with van der Waals surface area (Å²) in [7, 11) is 3.31. The van der Waals surface area contributed by atoms with E-state index in [2.05, 4.69) is 10.3 Å². The second-order valence-electron chi connectivity index (χ2n) is 5.69. The smallest absolute Gasteiger partial charge is 0.244 e. The summed E-state index contributed by atoms with van der Waals surface area (Å²) in [6.07, 6.45) is 0. The van der Waals surface area contributed by atoms with E-state index in [0.717, 1.165) is 10.3 Å². The summed E-state index contributed by atoms with van der Waals surface area (Å²) in [5.41, 5.74) is 1.97. The van der Waals surface area contributed by atoms with Crippen LogP contribution in [-0.2, 0) is 4.79 Å². The average Bonchev–Trinajstić information content (AvgIpc) is 3.01. The van der Waals surface area contributed by atoms with Gasteiger partial charge in [0.1, 0.15) is 17.1 Å². The molecule has 0 fully saturated rings. The van der Waals surface area contributed by atoms with Crippen LogP contribution in [0.25, 0.3) is 10.2 Å². The number of halogens is 1. The van der Waals surface area contributed by atoms with Crippen LogP contribution in [0.5, 0.6) is 5.75 Å². The molecule has 5 nitrogen and oxygen atoms in total. The fraction of sp³-hybridized carbons (Fsp3) is 0.222. The fourth-order valence-electron chi connectivity index (χ4n) is 2.46. The number of carbonyl (C=O) groups excluding carboxylic acids is 1. The van der Waals surface area contributed by atoms with Crippen LogP contribution in [0.4, 0.5) is 15.2 Å². The highest BCUT2D eigenvalue weighted by Gasteiger charge is 2.15. The Kier molecular flexibility index (Phi) is 4.85. The van der Waals surface area contributed by atoms with Gasteiger partial charge in [0, 0.05) is 7.05 Å². The van der Waals surface area contributed by atoms with Gasteiger partial charge in [-0.25, -0.2) is 9.37 Å². The topological polar surface area (TPSA) is 54.5 Å². The first-order valence-electron chi connectivity index (χ1n) is 7.68. The molecule has 7 heteroatoms. The first-order valence-corrected chi connectivity index (χ1v) is 8.50. The first-order chi connectivity index (χ1) is 12.0. The summed E-state index contributed by atoms with van der Waals surface area (Å²) >= 11 is 1.35. The van der Waals surface area contributed by atoms with Crippen LogP contribution in [0.3, 0.4) is 0 Å². The largest absolute Gasteiger partial charge is 0.495 e. The van der Waals surface area contributed by atoms with Gasteiger partial charge in [-0.05, 0) is 36.8 Å². The van der Waals surface area contributed by atoms with Crippen molar-refractivity contribution in [2.45, 2.75) is 6.92 Å². The number of hydrogen-bond donors (Lipinski definition) is 1. The van der Waals surface area contributed by atoms with Crippen LogP contribution in [0, 0.1) is 12.7 Å². The average molecular weight is 359 g/mol. The van der Waals surface area contributed by atoms with Gasteiger partial charge >= 0.3 is 0 Å². The minimum atomic E-state index is -0.359. The molecule has 0 atom stereocenters. The van der Waals surface area contributed by atoms with Crippen molar-refractivity contribution in [1.82, 2.24) is 4.98 Å². The van der Waals surface area contributed by atoms with Crippen molar-refractivity contribution in [3.05, 3.63) is 47.8 Å². The van der Waals surface area contributed by atoms with Gasteiger partial charge in [0.25, 0.3) is 0 Å². The number of thiazole rings is 1. The third-order valence-electron chi connectivity index (χ3n) is 3.69. The molecule has 0 aliphatic heterocycles. The minimum Gasteiger partial charge on any atom is -0.495 e. The second-order valence-corrected chi connectivity index (χ2v) is 6.70. The lowest BCUT2D eigenvalue weighted by Crippen LogP contribution is -2.30. The van der Waals surface area contributed by atoms with E-state index in [1.165, 1.54) is 17.4 Å². The molecule has 2 aromatic carbocycles. The van der Waals surface area contributed by atoms with Gasteiger partial charge in [0.15, 0.2) is 5.13 Å². The second kappa shape index (κ2) is 7.06. The maximum absolute atomic E-state index is 13.8. The van der Waals surface area contributed by atoms with E-state index < -0.39 is 0 Å². The lowest BCUT2D eigenvalue weighted by Gasteiger charge is -2.16. The Balaban J connectivity index is 1.74. The van der Waals surface area contributed by atoms with Crippen LogP contribution >= 0.6 is 11.3 Å². The molecule has 0 unspecified atom stereocenters. The normalized spacial score (nSPS) is 10.7. The van der Waals surface area contributed by atoms with Gasteiger partial charge in [-0.1, -0.05) is 23.5 Å². The third kappa shape index (κ3) is 3.71. The monoisotopic (exact) mass is 359 g/mol. The van der Waals surface area contributed by atoms with E-state index in [1.807, 2.05) is 31.2 Å². The number of aromatic nitrogens is 1. The van der Waals surface area contributed by atoms with E-state index in [0.29, 0.717) is 22.1 Å². The van der Waals surface area contributed by atoms with Crippen molar-refractivity contribution in [3.8, 4) is 5.75 Å². The van der Waals surface area contributed by atoms with E-state index in [9.17, 15) is 9.18 Å². The molecule has 1 amide bonds. The third-order valence-corrected chi connectivity index (χ3v) is 4.83. The minimum absolute atomic E-state index is 0.0958. The number of benzene rings is 2. The van der Waals surface area contributed by atoms with Crippen LogP contribution in [-0.4, -0.2) is 31.6 Å². The Morgan fingerprint density at radius 1 is 1.36 bits per heavy atom. The predicted molar refractivity (Wildman–Crippen MR) is 99.2 cm³/mol. The van der Waals surface area contributed by atoms with Gasteiger partial charge in [-0.15, -0.1) is 0 Å². The number of hydrogen-bond acceptors (Lipinski definition) is 5. The van der Waals surface area contributed by atoms with Crippen molar-refractivity contribution in [2.75, 3.05) is 30.9 Å². The first kappa shape index (κ1) is 17.2. The number of para-hydroxylation sites is 1. The number of likely N-dealkylation sites (N-methyl/N-ethyl adjacent to an activating group) is 1. The predicted octanol–water partition coefficient (Wildman–Crippen LogP) is 3.83. The Morgan fingerprint density at radius 2 is 2.16 bits per heavy atom. The van der Waals surface area contributed by atoms with Gasteiger partial charge < -0.3 is 15.0 Å². The number of aryl methyl sites for hydroxylation is 1. The standard InChI is InChI=1S/C18H18FN3O2S/c1-11-7-8-14(24-3)13(9-11)20-16(23)10-22(2)18-21-17-12(19)5-4-6-15(17)25-18/h4-9H,10H2,1-3H3,(H,20,23). The summed E-state index contributed by atoms with van der Waals surface area (Å²) in [6.45, 7) is 2.04. The van der Waals surface area contributed by atoms with Crippen molar-refractivity contribution in [1.29, 1.82) is 0 Å². The van der Waals surface area contributed by atoms with Gasteiger partial charge in [0.05, 0.1) is 24.0 Å². The summed E-state index contributed by atoms with van der Waals surface area (Å²) in [6, 6.07) is 10.4. The molecular weight excluding hydrogens is 341 g/mol. The molecule has 0 spiro atoms. The lowest BCUT2D eigenvalue weighted by atomic mass is 10.2. The number of carbonyl (C=O) groups is 1.